The molecule has 4 saturated heterocycles. The van der Waals surface area contributed by atoms with Crippen LogP contribution in [0, 0.1) is 0 Å². The Bertz CT molecular complexity index is 619. The fraction of sp³-hybridized carbons (Fsp3) is 0.895. The molecular formula is C19H29NO8. The van der Waals surface area contributed by atoms with Crippen LogP contribution in [0.3, 0.4) is 0 Å². The monoisotopic (exact) mass is 399 g/mol. The summed E-state index contributed by atoms with van der Waals surface area (Å²) in [6.45, 7) is 8.52. The van der Waals surface area contributed by atoms with Gasteiger partial charge in [-0.05, 0) is 34.1 Å². The highest BCUT2D eigenvalue weighted by molar-refractivity contribution is 6.01. The zero-order valence-electron chi connectivity index (χ0n) is 16.8. The topological polar surface area (TPSA) is 92.8 Å². The van der Waals surface area contributed by atoms with Crippen molar-refractivity contribution in [3.63, 3.8) is 0 Å². The van der Waals surface area contributed by atoms with Crippen molar-refractivity contribution in [2.45, 2.75) is 89.2 Å². The van der Waals surface area contributed by atoms with Crippen molar-refractivity contribution in [1.29, 1.82) is 0 Å². The second kappa shape index (κ2) is 7.30. The largest absolute Gasteiger partial charge is 0.372 e. The van der Waals surface area contributed by atoms with Gasteiger partial charge < -0.3 is 28.4 Å². The van der Waals surface area contributed by atoms with Crippen LogP contribution in [0.1, 0.15) is 47.0 Å². The van der Waals surface area contributed by atoms with E-state index in [1.807, 2.05) is 27.7 Å². The number of rotatable bonds is 6. The van der Waals surface area contributed by atoms with Crippen molar-refractivity contribution in [3.8, 4) is 0 Å². The van der Waals surface area contributed by atoms with Crippen LogP contribution in [0.15, 0.2) is 0 Å². The summed E-state index contributed by atoms with van der Waals surface area (Å²) in [6, 6.07) is 0. The summed E-state index contributed by atoms with van der Waals surface area (Å²) in [5, 5.41) is 0. The molecule has 4 aliphatic heterocycles. The third-order valence-corrected chi connectivity index (χ3v) is 5.41. The van der Waals surface area contributed by atoms with Gasteiger partial charge in [0.25, 0.3) is 0 Å². The molecule has 2 amide bonds. The molecule has 0 aromatic rings. The Labute approximate surface area is 164 Å². The van der Waals surface area contributed by atoms with E-state index in [9.17, 15) is 9.59 Å². The van der Waals surface area contributed by atoms with E-state index >= 15 is 0 Å². The first kappa shape index (κ1) is 20.2. The van der Waals surface area contributed by atoms with E-state index in [1.165, 1.54) is 4.90 Å². The molecular weight excluding hydrogens is 370 g/mol. The highest BCUT2D eigenvalue weighted by atomic mass is 16.8. The van der Waals surface area contributed by atoms with Crippen molar-refractivity contribution in [2.75, 3.05) is 19.8 Å². The van der Waals surface area contributed by atoms with Crippen molar-refractivity contribution in [3.05, 3.63) is 0 Å². The standard InChI is InChI=1S/C19H29NO8/c1-18(2)24-10-11(26-18)14-15(16-17(25-14)28-19(3,4)27-16)23-9-5-8-20-12(21)6-7-13(20)22/h11,14-17H,5-10H2,1-4H3. The van der Waals surface area contributed by atoms with E-state index in [0.29, 0.717) is 39.0 Å². The Morgan fingerprint density at radius 3 is 2.36 bits per heavy atom. The number of carbonyl (C=O) groups excluding carboxylic acids is 2. The van der Waals surface area contributed by atoms with E-state index in [0.717, 1.165) is 0 Å². The Hall–Kier alpha value is -1.10. The lowest BCUT2D eigenvalue weighted by molar-refractivity contribution is -0.236. The zero-order valence-corrected chi connectivity index (χ0v) is 16.8. The van der Waals surface area contributed by atoms with Crippen LogP contribution < -0.4 is 0 Å². The van der Waals surface area contributed by atoms with E-state index in [1.54, 1.807) is 0 Å². The first-order valence-electron chi connectivity index (χ1n) is 9.93. The van der Waals surface area contributed by atoms with Gasteiger partial charge in [-0.1, -0.05) is 0 Å². The average Bonchev–Trinajstić information content (AvgIpc) is 3.29. The van der Waals surface area contributed by atoms with Crippen LogP contribution in [0.5, 0.6) is 0 Å². The van der Waals surface area contributed by atoms with Gasteiger partial charge in [-0.3, -0.25) is 14.5 Å². The third kappa shape index (κ3) is 3.96. The number of imide groups is 1. The quantitative estimate of drug-likeness (QED) is 0.481. The van der Waals surface area contributed by atoms with E-state index in [4.69, 9.17) is 28.4 Å². The smallest absolute Gasteiger partial charge is 0.229 e. The molecule has 0 aliphatic carbocycles. The predicted molar refractivity (Wildman–Crippen MR) is 93.9 cm³/mol. The number of fused-ring (bicyclic) bond motifs is 1. The lowest BCUT2D eigenvalue weighted by atomic mass is 10.1. The van der Waals surface area contributed by atoms with Gasteiger partial charge in [0.15, 0.2) is 17.9 Å². The number of hydrogen-bond acceptors (Lipinski definition) is 8. The molecule has 0 aromatic carbocycles. The molecule has 0 spiro atoms. The van der Waals surface area contributed by atoms with Gasteiger partial charge in [0.1, 0.15) is 24.4 Å². The Morgan fingerprint density at radius 2 is 1.71 bits per heavy atom. The van der Waals surface area contributed by atoms with Crippen LogP contribution in [0.25, 0.3) is 0 Å². The lowest BCUT2D eigenvalue weighted by Gasteiger charge is -2.29. The molecule has 4 rings (SSSR count). The van der Waals surface area contributed by atoms with Crippen LogP contribution in [0.2, 0.25) is 0 Å². The van der Waals surface area contributed by atoms with Gasteiger partial charge in [0.2, 0.25) is 11.8 Å². The molecule has 5 atom stereocenters. The first-order chi connectivity index (χ1) is 13.2. The highest BCUT2D eigenvalue weighted by Crippen LogP contribution is 2.41. The molecule has 0 radical (unpaired) electrons. The molecule has 0 saturated carbocycles. The number of amides is 2. The van der Waals surface area contributed by atoms with E-state index < -0.39 is 17.9 Å². The zero-order chi connectivity index (χ0) is 20.1. The lowest BCUT2D eigenvalue weighted by Crippen LogP contribution is -2.44. The fourth-order valence-corrected chi connectivity index (χ4v) is 4.18. The van der Waals surface area contributed by atoms with Crippen LogP contribution in [-0.2, 0) is 38.0 Å². The maximum atomic E-state index is 11.7. The Kier molecular flexibility index (Phi) is 5.26. The summed E-state index contributed by atoms with van der Waals surface area (Å²) in [5.74, 6) is -1.64. The van der Waals surface area contributed by atoms with Crippen LogP contribution >= 0.6 is 0 Å². The van der Waals surface area contributed by atoms with Crippen molar-refractivity contribution in [2.24, 2.45) is 0 Å². The fourth-order valence-electron chi connectivity index (χ4n) is 4.18. The molecule has 4 heterocycles. The van der Waals surface area contributed by atoms with E-state index in [2.05, 4.69) is 0 Å². The minimum Gasteiger partial charge on any atom is -0.372 e. The number of nitrogens with zero attached hydrogens (tertiary/aromatic N) is 1. The van der Waals surface area contributed by atoms with Gasteiger partial charge in [-0.15, -0.1) is 0 Å². The minimum atomic E-state index is -0.747. The summed E-state index contributed by atoms with van der Waals surface area (Å²) in [5.41, 5.74) is 0. The molecule has 0 N–H and O–H groups in total. The van der Waals surface area contributed by atoms with Crippen molar-refractivity contribution < 1.29 is 38.0 Å². The summed E-state index contributed by atoms with van der Waals surface area (Å²) < 4.78 is 35.7. The maximum absolute atomic E-state index is 11.7. The first-order valence-corrected chi connectivity index (χ1v) is 9.93. The molecule has 4 aliphatic rings. The average molecular weight is 399 g/mol. The summed E-state index contributed by atoms with van der Waals surface area (Å²) in [4.78, 5) is 24.8. The molecule has 4 fully saturated rings. The van der Waals surface area contributed by atoms with Crippen molar-refractivity contribution >= 4 is 11.8 Å². The summed E-state index contributed by atoms with van der Waals surface area (Å²) in [7, 11) is 0. The normalized spacial score (nSPS) is 39.1. The molecule has 0 bridgehead atoms. The summed E-state index contributed by atoms with van der Waals surface area (Å²) >= 11 is 0. The van der Waals surface area contributed by atoms with Gasteiger partial charge in [-0.25, -0.2) is 0 Å². The molecule has 9 heteroatoms. The second-order valence-electron chi connectivity index (χ2n) is 8.56. The Morgan fingerprint density at radius 1 is 1.00 bits per heavy atom. The number of carbonyl (C=O) groups is 2. The predicted octanol–water partition coefficient (Wildman–Crippen LogP) is 0.939. The molecule has 158 valence electrons. The van der Waals surface area contributed by atoms with Crippen molar-refractivity contribution in [1.82, 2.24) is 4.90 Å². The highest BCUT2D eigenvalue weighted by Gasteiger charge is 2.58. The molecule has 5 unspecified atom stereocenters. The van der Waals surface area contributed by atoms with Gasteiger partial charge >= 0.3 is 0 Å². The number of ether oxygens (including phenoxy) is 6. The van der Waals surface area contributed by atoms with Gasteiger partial charge in [-0.2, -0.15) is 0 Å². The van der Waals surface area contributed by atoms with E-state index in [-0.39, 0.29) is 36.2 Å². The second-order valence-corrected chi connectivity index (χ2v) is 8.56. The number of likely N-dealkylation sites (tertiary alicyclic amines) is 1. The summed E-state index contributed by atoms with van der Waals surface area (Å²) in [6.07, 6.45) is -0.810. The Balaban J connectivity index is 1.36. The molecule has 9 nitrogen and oxygen atoms in total. The molecule has 0 aromatic heterocycles. The SMILES string of the molecule is CC1(C)OCC(C2OC3OC(C)(C)OC3C2OCCCN2C(=O)CCC2=O)O1. The minimum absolute atomic E-state index is 0.111. The van der Waals surface area contributed by atoms with Gasteiger partial charge in [0.05, 0.1) is 6.61 Å². The van der Waals surface area contributed by atoms with Crippen LogP contribution in [0.4, 0.5) is 0 Å². The van der Waals surface area contributed by atoms with Gasteiger partial charge in [0, 0.05) is 26.0 Å². The third-order valence-electron chi connectivity index (χ3n) is 5.41. The molecule has 28 heavy (non-hydrogen) atoms. The van der Waals surface area contributed by atoms with Crippen LogP contribution in [-0.4, -0.2) is 78.8 Å². The maximum Gasteiger partial charge on any atom is 0.229 e. The number of hydrogen-bond donors (Lipinski definition) is 0.